The monoisotopic (exact) mass is 453 g/mol. The second kappa shape index (κ2) is 11.1. The molecule has 1 aliphatic heterocycles. The van der Waals surface area contributed by atoms with Gasteiger partial charge in [-0.15, -0.1) is 0 Å². The molecule has 0 saturated carbocycles. The number of piperidine rings is 1. The maximum atomic E-state index is 14.0. The van der Waals surface area contributed by atoms with Crippen molar-refractivity contribution in [3.63, 3.8) is 0 Å². The standard InChI is InChI=1S/C26H32FN3O3/c1-4-18(3)28-25(32)23(29-24(31)20-9-7-8-17(2)16-20)19-12-14-30(15-13-19)26(33)21-10-5-6-11-22(21)27/h5-11,16,18-19,23H,4,12-15H2,1-3H3,(H,28,32)(H,29,31). The van der Waals surface area contributed by atoms with Gasteiger partial charge >= 0.3 is 0 Å². The van der Waals surface area contributed by atoms with Crippen LogP contribution in [0.5, 0.6) is 0 Å². The summed E-state index contributed by atoms with van der Waals surface area (Å²) in [5.74, 6) is -1.54. The van der Waals surface area contributed by atoms with Crippen molar-refractivity contribution in [1.82, 2.24) is 15.5 Å². The lowest BCUT2D eigenvalue weighted by Crippen LogP contribution is -2.55. The summed E-state index contributed by atoms with van der Waals surface area (Å²) in [7, 11) is 0. The Morgan fingerprint density at radius 2 is 1.76 bits per heavy atom. The number of carbonyl (C=O) groups is 3. The average molecular weight is 454 g/mol. The van der Waals surface area contributed by atoms with Gasteiger partial charge in [0.2, 0.25) is 5.91 Å². The van der Waals surface area contributed by atoms with Crippen LogP contribution < -0.4 is 10.6 Å². The van der Waals surface area contributed by atoms with Gasteiger partial charge in [0.1, 0.15) is 11.9 Å². The fourth-order valence-electron chi connectivity index (χ4n) is 4.08. The van der Waals surface area contributed by atoms with Crippen LogP contribution in [0.15, 0.2) is 48.5 Å². The molecule has 2 atom stereocenters. The molecule has 1 saturated heterocycles. The molecule has 0 aliphatic carbocycles. The van der Waals surface area contributed by atoms with Crippen LogP contribution in [-0.2, 0) is 4.79 Å². The first kappa shape index (κ1) is 24.4. The third kappa shape index (κ3) is 6.18. The van der Waals surface area contributed by atoms with Gasteiger partial charge in [-0.1, -0.05) is 36.8 Å². The first-order chi connectivity index (χ1) is 15.8. The van der Waals surface area contributed by atoms with Gasteiger partial charge in [0.25, 0.3) is 11.8 Å². The molecular formula is C26H32FN3O3. The number of benzene rings is 2. The van der Waals surface area contributed by atoms with E-state index in [1.807, 2.05) is 32.9 Å². The van der Waals surface area contributed by atoms with Crippen molar-refractivity contribution in [3.8, 4) is 0 Å². The minimum Gasteiger partial charge on any atom is -0.352 e. The number of hydrogen-bond donors (Lipinski definition) is 2. The molecule has 0 bridgehead atoms. The lowest BCUT2D eigenvalue weighted by Gasteiger charge is -2.36. The number of nitrogens with zero attached hydrogens (tertiary/aromatic N) is 1. The largest absolute Gasteiger partial charge is 0.352 e. The Balaban J connectivity index is 1.71. The molecule has 7 heteroatoms. The van der Waals surface area contributed by atoms with E-state index in [0.717, 1.165) is 12.0 Å². The first-order valence-corrected chi connectivity index (χ1v) is 11.5. The smallest absolute Gasteiger partial charge is 0.256 e. The van der Waals surface area contributed by atoms with E-state index in [1.54, 1.807) is 29.2 Å². The second-order valence-electron chi connectivity index (χ2n) is 8.75. The van der Waals surface area contributed by atoms with E-state index in [2.05, 4.69) is 10.6 Å². The number of halogens is 1. The second-order valence-corrected chi connectivity index (χ2v) is 8.75. The van der Waals surface area contributed by atoms with Gasteiger partial charge in [-0.2, -0.15) is 0 Å². The predicted molar refractivity (Wildman–Crippen MR) is 125 cm³/mol. The minimum atomic E-state index is -0.710. The van der Waals surface area contributed by atoms with E-state index in [9.17, 15) is 18.8 Å². The molecule has 1 fully saturated rings. The van der Waals surface area contributed by atoms with Gasteiger partial charge in [-0.3, -0.25) is 14.4 Å². The van der Waals surface area contributed by atoms with Crippen LogP contribution in [0, 0.1) is 18.7 Å². The summed E-state index contributed by atoms with van der Waals surface area (Å²) < 4.78 is 14.0. The molecular weight excluding hydrogens is 421 g/mol. The summed E-state index contributed by atoms with van der Waals surface area (Å²) in [5.41, 5.74) is 1.52. The molecule has 6 nitrogen and oxygen atoms in total. The number of rotatable bonds is 7. The van der Waals surface area contributed by atoms with Gasteiger partial charge in [-0.05, 0) is 63.3 Å². The van der Waals surface area contributed by atoms with Crippen molar-refractivity contribution in [2.24, 2.45) is 5.92 Å². The normalized spacial score (nSPS) is 16.1. The summed E-state index contributed by atoms with van der Waals surface area (Å²) in [6, 6.07) is 12.4. The molecule has 2 aromatic rings. The van der Waals surface area contributed by atoms with E-state index in [1.165, 1.54) is 12.1 Å². The number of carbonyl (C=O) groups excluding carboxylic acids is 3. The summed E-state index contributed by atoms with van der Waals surface area (Å²) in [6.07, 6.45) is 1.85. The zero-order chi connectivity index (χ0) is 24.0. The number of aryl methyl sites for hydroxylation is 1. The highest BCUT2D eigenvalue weighted by atomic mass is 19.1. The molecule has 2 aromatic carbocycles. The Bertz CT molecular complexity index is 1000. The molecule has 176 valence electrons. The van der Waals surface area contributed by atoms with Gasteiger partial charge in [0.05, 0.1) is 5.56 Å². The Kier molecular flexibility index (Phi) is 8.20. The molecule has 1 aliphatic rings. The third-order valence-electron chi connectivity index (χ3n) is 6.25. The molecule has 0 aromatic heterocycles. The molecule has 2 N–H and O–H groups in total. The van der Waals surface area contributed by atoms with Crippen LogP contribution in [0.2, 0.25) is 0 Å². The first-order valence-electron chi connectivity index (χ1n) is 11.5. The number of likely N-dealkylation sites (tertiary alicyclic amines) is 1. The summed E-state index contributed by atoms with van der Waals surface area (Å²) in [4.78, 5) is 40.3. The van der Waals surface area contributed by atoms with E-state index < -0.39 is 11.9 Å². The highest BCUT2D eigenvalue weighted by Gasteiger charge is 2.35. The fraction of sp³-hybridized carbons (Fsp3) is 0.423. The van der Waals surface area contributed by atoms with Crippen molar-refractivity contribution in [2.75, 3.05) is 13.1 Å². The van der Waals surface area contributed by atoms with Crippen molar-refractivity contribution in [3.05, 3.63) is 71.0 Å². The van der Waals surface area contributed by atoms with Gasteiger partial charge in [-0.25, -0.2) is 4.39 Å². The molecule has 3 rings (SSSR count). The maximum absolute atomic E-state index is 14.0. The Hall–Kier alpha value is -3.22. The molecule has 2 unspecified atom stereocenters. The van der Waals surface area contributed by atoms with Crippen molar-refractivity contribution in [2.45, 2.75) is 52.1 Å². The molecule has 33 heavy (non-hydrogen) atoms. The Morgan fingerprint density at radius 3 is 2.39 bits per heavy atom. The molecule has 0 spiro atoms. The van der Waals surface area contributed by atoms with E-state index in [-0.39, 0.29) is 35.2 Å². The van der Waals surface area contributed by atoms with Crippen LogP contribution in [0.25, 0.3) is 0 Å². The highest BCUT2D eigenvalue weighted by Crippen LogP contribution is 2.24. The number of hydrogen-bond acceptors (Lipinski definition) is 3. The van der Waals surface area contributed by atoms with Crippen molar-refractivity contribution >= 4 is 17.7 Å². The minimum absolute atomic E-state index is 0.0152. The lowest BCUT2D eigenvalue weighted by atomic mass is 9.88. The maximum Gasteiger partial charge on any atom is 0.256 e. The molecule has 1 heterocycles. The zero-order valence-corrected chi connectivity index (χ0v) is 19.4. The van der Waals surface area contributed by atoms with Crippen molar-refractivity contribution in [1.29, 1.82) is 0 Å². The zero-order valence-electron chi connectivity index (χ0n) is 19.4. The molecule has 3 amide bonds. The lowest BCUT2D eigenvalue weighted by molar-refractivity contribution is -0.125. The van der Waals surface area contributed by atoms with E-state index in [0.29, 0.717) is 31.5 Å². The van der Waals surface area contributed by atoms with Gasteiger partial charge in [0, 0.05) is 24.7 Å². The SMILES string of the molecule is CCC(C)NC(=O)C(NC(=O)c1cccc(C)c1)C1CCN(C(=O)c2ccccc2F)CC1. The Labute approximate surface area is 194 Å². The quantitative estimate of drug-likeness (QED) is 0.671. The van der Waals surface area contributed by atoms with Crippen molar-refractivity contribution < 1.29 is 18.8 Å². The van der Waals surface area contributed by atoms with Gasteiger partial charge in [0.15, 0.2) is 0 Å². The average Bonchev–Trinajstić information content (AvgIpc) is 2.82. The van der Waals surface area contributed by atoms with Crippen LogP contribution in [0.1, 0.15) is 59.4 Å². The summed E-state index contributed by atoms with van der Waals surface area (Å²) in [6.45, 7) is 6.60. The highest BCUT2D eigenvalue weighted by molar-refractivity contribution is 5.98. The van der Waals surface area contributed by atoms with Gasteiger partial charge < -0.3 is 15.5 Å². The van der Waals surface area contributed by atoms with Crippen LogP contribution in [0.4, 0.5) is 4.39 Å². The van der Waals surface area contributed by atoms with Crippen LogP contribution in [-0.4, -0.2) is 47.8 Å². The summed E-state index contributed by atoms with van der Waals surface area (Å²) in [5, 5.41) is 5.91. The number of amides is 3. The predicted octanol–water partition coefficient (Wildman–Crippen LogP) is 3.70. The molecule has 0 radical (unpaired) electrons. The van der Waals surface area contributed by atoms with Crippen LogP contribution in [0.3, 0.4) is 0 Å². The summed E-state index contributed by atoms with van der Waals surface area (Å²) >= 11 is 0. The topological polar surface area (TPSA) is 78.5 Å². The van der Waals surface area contributed by atoms with Crippen LogP contribution >= 0.6 is 0 Å². The van der Waals surface area contributed by atoms with E-state index in [4.69, 9.17) is 0 Å². The van der Waals surface area contributed by atoms with E-state index >= 15 is 0 Å². The number of nitrogens with one attached hydrogen (secondary N) is 2. The fourth-order valence-corrected chi connectivity index (χ4v) is 4.08. The Morgan fingerprint density at radius 1 is 1.06 bits per heavy atom. The third-order valence-corrected chi connectivity index (χ3v) is 6.25.